The second kappa shape index (κ2) is 4.20. The van der Waals surface area contributed by atoms with Crippen LogP contribution in [0.1, 0.15) is 27.2 Å². The summed E-state index contributed by atoms with van der Waals surface area (Å²) >= 11 is 0. The average Bonchev–Trinajstić information content (AvgIpc) is 1.85. The van der Waals surface area contributed by atoms with E-state index in [1.54, 1.807) is 0 Å². The Labute approximate surface area is 73.7 Å². The van der Waals surface area contributed by atoms with E-state index >= 15 is 0 Å². The lowest BCUT2D eigenvalue weighted by Gasteiger charge is -2.20. The van der Waals surface area contributed by atoms with Crippen LogP contribution in [-0.4, -0.2) is 30.9 Å². The van der Waals surface area contributed by atoms with Crippen molar-refractivity contribution in [3.8, 4) is 0 Å². The lowest BCUT2D eigenvalue weighted by Crippen LogP contribution is -2.36. The molecule has 0 atom stereocenters. The molecular formula is C7H16O4S. The predicted octanol–water partition coefficient (Wildman–Crippen LogP) is 1.08. The van der Waals surface area contributed by atoms with E-state index in [-0.39, 0.29) is 6.61 Å². The second-order valence-corrected chi connectivity index (χ2v) is 5.34. The molecule has 0 spiro atoms. The van der Waals surface area contributed by atoms with Crippen molar-refractivity contribution >= 4 is 10.1 Å². The molecule has 0 saturated heterocycles. The zero-order valence-corrected chi connectivity index (χ0v) is 8.52. The molecule has 0 saturated carbocycles. The smallest absolute Gasteiger partial charge is 0.272 e. The fourth-order valence-corrected chi connectivity index (χ4v) is 0.769. The molecule has 0 amide bonds. The first-order valence-corrected chi connectivity index (χ1v) is 5.30. The Bertz CT molecular complexity index is 218. The first-order valence-electron chi connectivity index (χ1n) is 3.86. The van der Waals surface area contributed by atoms with Gasteiger partial charge in [-0.2, -0.15) is 8.42 Å². The van der Waals surface area contributed by atoms with Crippen LogP contribution >= 0.6 is 0 Å². The minimum Gasteiger partial charge on any atom is -0.380 e. The van der Waals surface area contributed by atoms with Gasteiger partial charge in [0.1, 0.15) is 4.75 Å². The van der Waals surface area contributed by atoms with Crippen molar-refractivity contribution in [2.45, 2.75) is 31.9 Å². The Morgan fingerprint density at radius 2 is 1.92 bits per heavy atom. The maximum absolute atomic E-state index is 10.7. The van der Waals surface area contributed by atoms with Crippen molar-refractivity contribution in [2.24, 2.45) is 0 Å². The summed E-state index contributed by atoms with van der Waals surface area (Å²) in [7, 11) is -4.01. The summed E-state index contributed by atoms with van der Waals surface area (Å²) in [4.78, 5) is 0. The molecule has 0 radical (unpaired) electrons. The number of ether oxygens (including phenoxy) is 1. The van der Waals surface area contributed by atoms with Crippen LogP contribution in [0, 0.1) is 0 Å². The molecule has 0 aliphatic rings. The topological polar surface area (TPSA) is 63.6 Å². The summed E-state index contributed by atoms with van der Waals surface area (Å²) < 4.78 is 34.0. The largest absolute Gasteiger partial charge is 0.380 e. The maximum atomic E-state index is 10.7. The minimum atomic E-state index is -4.01. The first kappa shape index (κ1) is 11.9. The van der Waals surface area contributed by atoms with E-state index in [1.165, 1.54) is 13.8 Å². The van der Waals surface area contributed by atoms with Gasteiger partial charge in [0, 0.05) is 6.61 Å². The average molecular weight is 196 g/mol. The molecule has 0 heterocycles. The summed E-state index contributed by atoms with van der Waals surface area (Å²) in [6.45, 7) is 5.33. The third-order valence-corrected chi connectivity index (χ3v) is 3.01. The molecule has 4 nitrogen and oxygen atoms in total. The predicted molar refractivity (Wildman–Crippen MR) is 46.7 cm³/mol. The van der Waals surface area contributed by atoms with E-state index < -0.39 is 14.9 Å². The third kappa shape index (κ3) is 3.51. The van der Waals surface area contributed by atoms with Gasteiger partial charge in [-0.25, -0.2) is 0 Å². The lowest BCUT2D eigenvalue weighted by atomic mass is 10.2. The van der Waals surface area contributed by atoms with Crippen LogP contribution in [0.2, 0.25) is 0 Å². The van der Waals surface area contributed by atoms with Crippen LogP contribution in [0.3, 0.4) is 0 Å². The Kier molecular flexibility index (Phi) is 4.16. The molecule has 74 valence electrons. The van der Waals surface area contributed by atoms with Gasteiger partial charge in [-0.3, -0.25) is 4.55 Å². The fourth-order valence-electron chi connectivity index (χ4n) is 0.537. The van der Waals surface area contributed by atoms with E-state index in [4.69, 9.17) is 9.29 Å². The Morgan fingerprint density at radius 1 is 1.42 bits per heavy atom. The van der Waals surface area contributed by atoms with Gasteiger partial charge in [-0.15, -0.1) is 0 Å². The number of rotatable bonds is 5. The Balaban J connectivity index is 4.06. The van der Waals surface area contributed by atoms with Gasteiger partial charge in [-0.1, -0.05) is 6.92 Å². The van der Waals surface area contributed by atoms with Crippen molar-refractivity contribution in [1.82, 2.24) is 0 Å². The molecule has 0 aromatic heterocycles. The van der Waals surface area contributed by atoms with Crippen molar-refractivity contribution in [3.05, 3.63) is 0 Å². The van der Waals surface area contributed by atoms with Gasteiger partial charge in [0.05, 0.1) is 6.61 Å². The summed E-state index contributed by atoms with van der Waals surface area (Å²) in [5.74, 6) is 0. The number of hydrogen-bond donors (Lipinski definition) is 1. The van der Waals surface area contributed by atoms with Crippen LogP contribution in [-0.2, 0) is 14.9 Å². The monoisotopic (exact) mass is 196 g/mol. The molecule has 0 bridgehead atoms. The highest BCUT2D eigenvalue weighted by Crippen LogP contribution is 2.14. The second-order valence-electron chi connectivity index (χ2n) is 3.29. The van der Waals surface area contributed by atoms with Gasteiger partial charge in [0.15, 0.2) is 0 Å². The normalized spacial score (nSPS) is 13.3. The van der Waals surface area contributed by atoms with Crippen LogP contribution < -0.4 is 0 Å². The molecule has 0 aliphatic heterocycles. The van der Waals surface area contributed by atoms with Crippen molar-refractivity contribution in [1.29, 1.82) is 0 Å². The van der Waals surface area contributed by atoms with Crippen molar-refractivity contribution in [2.75, 3.05) is 13.2 Å². The SMILES string of the molecule is CCCOCC(C)(C)S(=O)(=O)O. The third-order valence-electron chi connectivity index (χ3n) is 1.50. The quantitative estimate of drug-likeness (QED) is 0.528. The van der Waals surface area contributed by atoms with Gasteiger partial charge < -0.3 is 4.74 Å². The van der Waals surface area contributed by atoms with Gasteiger partial charge in [0.2, 0.25) is 0 Å². The minimum absolute atomic E-state index is 0.0275. The lowest BCUT2D eigenvalue weighted by molar-refractivity contribution is 0.115. The summed E-state index contributed by atoms with van der Waals surface area (Å²) in [6.07, 6.45) is 0.835. The zero-order chi connectivity index (χ0) is 9.83. The van der Waals surface area contributed by atoms with Crippen LogP contribution in [0.15, 0.2) is 0 Å². The van der Waals surface area contributed by atoms with Crippen LogP contribution in [0.5, 0.6) is 0 Å². The summed E-state index contributed by atoms with van der Waals surface area (Å²) in [5.41, 5.74) is 0. The van der Waals surface area contributed by atoms with E-state index in [9.17, 15) is 8.42 Å². The first-order chi connectivity index (χ1) is 5.31. The molecule has 0 aliphatic carbocycles. The summed E-state index contributed by atoms with van der Waals surface area (Å²) in [6, 6.07) is 0. The molecular weight excluding hydrogens is 180 g/mol. The van der Waals surface area contributed by atoms with Crippen LogP contribution in [0.4, 0.5) is 0 Å². The highest BCUT2D eigenvalue weighted by atomic mass is 32.2. The molecule has 0 aromatic carbocycles. The molecule has 0 fully saturated rings. The molecule has 12 heavy (non-hydrogen) atoms. The molecule has 0 unspecified atom stereocenters. The standard InChI is InChI=1S/C7H16O4S/c1-4-5-11-6-7(2,3)12(8,9)10/h4-6H2,1-3H3,(H,8,9,10). The van der Waals surface area contributed by atoms with E-state index in [1.807, 2.05) is 6.92 Å². The van der Waals surface area contributed by atoms with Crippen molar-refractivity contribution < 1.29 is 17.7 Å². The van der Waals surface area contributed by atoms with Crippen molar-refractivity contribution in [3.63, 3.8) is 0 Å². The van der Waals surface area contributed by atoms with Gasteiger partial charge in [0.25, 0.3) is 10.1 Å². The van der Waals surface area contributed by atoms with Crippen LogP contribution in [0.25, 0.3) is 0 Å². The summed E-state index contributed by atoms with van der Waals surface area (Å²) in [5, 5.41) is 0. The Hall–Kier alpha value is -0.130. The zero-order valence-electron chi connectivity index (χ0n) is 7.70. The van der Waals surface area contributed by atoms with E-state index in [0.717, 1.165) is 6.42 Å². The van der Waals surface area contributed by atoms with E-state index in [2.05, 4.69) is 0 Å². The Morgan fingerprint density at radius 3 is 2.25 bits per heavy atom. The van der Waals surface area contributed by atoms with Gasteiger partial charge >= 0.3 is 0 Å². The highest BCUT2D eigenvalue weighted by molar-refractivity contribution is 7.87. The fraction of sp³-hybridized carbons (Fsp3) is 1.00. The molecule has 1 N–H and O–H groups in total. The molecule has 5 heteroatoms. The maximum Gasteiger partial charge on any atom is 0.272 e. The number of hydrogen-bond acceptors (Lipinski definition) is 3. The van der Waals surface area contributed by atoms with E-state index in [0.29, 0.717) is 6.61 Å². The molecule has 0 aromatic rings. The molecule has 0 rings (SSSR count). The highest BCUT2D eigenvalue weighted by Gasteiger charge is 2.32. The van der Waals surface area contributed by atoms with Gasteiger partial charge in [-0.05, 0) is 20.3 Å².